The van der Waals surface area contributed by atoms with E-state index >= 15 is 0 Å². The van der Waals surface area contributed by atoms with E-state index in [0.717, 1.165) is 11.1 Å². The molecular weight excluding hydrogens is 310 g/mol. The van der Waals surface area contributed by atoms with Gasteiger partial charge in [0.05, 0.1) is 10.6 Å². The molecule has 0 aliphatic heterocycles. The highest BCUT2D eigenvalue weighted by atomic mass is 32.2. The molecule has 1 N–H and O–H groups in total. The van der Waals surface area contributed by atoms with Crippen molar-refractivity contribution in [2.75, 3.05) is 5.75 Å². The number of amides is 1. The van der Waals surface area contributed by atoms with Crippen molar-refractivity contribution in [3.63, 3.8) is 0 Å². The van der Waals surface area contributed by atoms with Crippen molar-refractivity contribution in [2.24, 2.45) is 0 Å². The van der Waals surface area contributed by atoms with Crippen LogP contribution in [-0.2, 0) is 21.2 Å². The van der Waals surface area contributed by atoms with Crippen molar-refractivity contribution < 1.29 is 13.2 Å². The lowest BCUT2D eigenvalue weighted by molar-refractivity contribution is -0.121. The van der Waals surface area contributed by atoms with Crippen molar-refractivity contribution in [3.05, 3.63) is 65.7 Å². The van der Waals surface area contributed by atoms with Crippen LogP contribution in [0.15, 0.2) is 59.5 Å². The average molecular weight is 331 g/mol. The Hall–Kier alpha value is -2.14. The molecule has 2 aromatic rings. The number of hydrogen-bond donors (Lipinski definition) is 1. The molecule has 0 heterocycles. The van der Waals surface area contributed by atoms with E-state index in [1.807, 2.05) is 37.3 Å². The Morgan fingerprint density at radius 2 is 1.65 bits per heavy atom. The van der Waals surface area contributed by atoms with Gasteiger partial charge in [-0.1, -0.05) is 48.0 Å². The summed E-state index contributed by atoms with van der Waals surface area (Å²) in [5, 5.41) is 2.80. The summed E-state index contributed by atoms with van der Waals surface area (Å²) in [5.74, 6) is -0.151. The lowest BCUT2D eigenvalue weighted by Crippen LogP contribution is -2.23. The minimum absolute atomic E-state index is 0.0190. The zero-order valence-electron chi connectivity index (χ0n) is 13.2. The standard InChI is InChI=1S/C18H21NO3S/c1-15-9-11-17(12-10-15)23(21,22)13-5-8-18(20)19-14-16-6-3-2-4-7-16/h2-4,6-7,9-12H,5,8,13-14H2,1H3,(H,19,20). The number of hydrogen-bond acceptors (Lipinski definition) is 3. The Balaban J connectivity index is 1.77. The molecule has 0 aliphatic carbocycles. The molecule has 2 rings (SSSR count). The zero-order chi connectivity index (χ0) is 16.7. The highest BCUT2D eigenvalue weighted by Crippen LogP contribution is 2.13. The second kappa shape index (κ2) is 7.92. The van der Waals surface area contributed by atoms with Gasteiger partial charge < -0.3 is 5.32 Å². The van der Waals surface area contributed by atoms with E-state index < -0.39 is 9.84 Å². The normalized spacial score (nSPS) is 11.2. The van der Waals surface area contributed by atoms with Crippen molar-refractivity contribution in [1.82, 2.24) is 5.32 Å². The van der Waals surface area contributed by atoms with Crippen molar-refractivity contribution in [1.29, 1.82) is 0 Å². The Morgan fingerprint density at radius 1 is 1.00 bits per heavy atom. The molecule has 23 heavy (non-hydrogen) atoms. The number of benzene rings is 2. The molecule has 0 saturated carbocycles. The number of sulfone groups is 1. The minimum atomic E-state index is -3.32. The van der Waals surface area contributed by atoms with Crippen LogP contribution in [0, 0.1) is 6.92 Å². The molecule has 5 heteroatoms. The molecule has 0 atom stereocenters. The number of rotatable bonds is 7. The molecule has 0 unspecified atom stereocenters. The summed E-state index contributed by atoms with van der Waals surface area (Å²) in [6, 6.07) is 16.4. The first-order valence-electron chi connectivity index (χ1n) is 7.57. The van der Waals surface area contributed by atoms with Crippen LogP contribution < -0.4 is 5.32 Å². The molecule has 0 aromatic heterocycles. The van der Waals surface area contributed by atoms with E-state index in [-0.39, 0.29) is 18.1 Å². The number of carbonyl (C=O) groups excluding carboxylic acids is 1. The molecule has 2 aromatic carbocycles. The van der Waals surface area contributed by atoms with Crippen LogP contribution in [-0.4, -0.2) is 20.1 Å². The first kappa shape index (κ1) is 17.2. The van der Waals surface area contributed by atoms with Gasteiger partial charge in [-0.3, -0.25) is 4.79 Å². The Labute approximate surface area is 137 Å². The summed E-state index contributed by atoms with van der Waals surface area (Å²) in [5.41, 5.74) is 2.04. The van der Waals surface area contributed by atoms with Gasteiger partial charge >= 0.3 is 0 Å². The zero-order valence-corrected chi connectivity index (χ0v) is 14.0. The van der Waals surface area contributed by atoms with E-state index in [0.29, 0.717) is 17.9 Å². The molecule has 0 radical (unpaired) electrons. The van der Waals surface area contributed by atoms with E-state index in [4.69, 9.17) is 0 Å². The van der Waals surface area contributed by atoms with Crippen molar-refractivity contribution in [2.45, 2.75) is 31.2 Å². The third-order valence-corrected chi connectivity index (χ3v) is 5.35. The maximum atomic E-state index is 12.2. The van der Waals surface area contributed by atoms with Crippen LogP contribution in [0.2, 0.25) is 0 Å². The second-order valence-corrected chi connectivity index (χ2v) is 7.61. The van der Waals surface area contributed by atoms with Crippen LogP contribution in [0.3, 0.4) is 0 Å². The fourth-order valence-corrected chi connectivity index (χ4v) is 3.48. The molecule has 0 spiro atoms. The average Bonchev–Trinajstić information content (AvgIpc) is 2.54. The van der Waals surface area contributed by atoms with Crippen LogP contribution in [0.1, 0.15) is 24.0 Å². The first-order chi connectivity index (χ1) is 11.0. The number of nitrogens with one attached hydrogen (secondary N) is 1. The lowest BCUT2D eigenvalue weighted by atomic mass is 10.2. The van der Waals surface area contributed by atoms with Gasteiger partial charge in [0.25, 0.3) is 0 Å². The molecule has 4 nitrogen and oxygen atoms in total. The molecule has 0 bridgehead atoms. The smallest absolute Gasteiger partial charge is 0.220 e. The van der Waals surface area contributed by atoms with Crippen LogP contribution in [0.4, 0.5) is 0 Å². The van der Waals surface area contributed by atoms with Gasteiger partial charge in [0, 0.05) is 13.0 Å². The topological polar surface area (TPSA) is 63.2 Å². The molecular formula is C18H21NO3S. The predicted molar refractivity (Wildman–Crippen MR) is 90.8 cm³/mol. The summed E-state index contributed by atoms with van der Waals surface area (Å²) in [4.78, 5) is 12.1. The molecule has 0 saturated heterocycles. The van der Waals surface area contributed by atoms with Crippen LogP contribution >= 0.6 is 0 Å². The van der Waals surface area contributed by atoms with Gasteiger partial charge in [0.15, 0.2) is 9.84 Å². The Bertz CT molecular complexity index is 738. The number of carbonyl (C=O) groups is 1. The summed E-state index contributed by atoms with van der Waals surface area (Å²) >= 11 is 0. The fraction of sp³-hybridized carbons (Fsp3) is 0.278. The molecule has 122 valence electrons. The summed E-state index contributed by atoms with van der Waals surface area (Å²) in [6.45, 7) is 2.37. The highest BCUT2D eigenvalue weighted by Gasteiger charge is 2.14. The van der Waals surface area contributed by atoms with Crippen LogP contribution in [0.25, 0.3) is 0 Å². The van der Waals surface area contributed by atoms with E-state index in [1.165, 1.54) is 0 Å². The maximum absolute atomic E-state index is 12.2. The summed E-state index contributed by atoms with van der Waals surface area (Å²) < 4.78 is 24.3. The molecule has 0 aliphatic rings. The number of aryl methyl sites for hydroxylation is 1. The van der Waals surface area contributed by atoms with E-state index in [9.17, 15) is 13.2 Å². The summed E-state index contributed by atoms with van der Waals surface area (Å²) in [6.07, 6.45) is 0.523. The van der Waals surface area contributed by atoms with E-state index in [1.54, 1.807) is 24.3 Å². The lowest BCUT2D eigenvalue weighted by Gasteiger charge is -2.06. The van der Waals surface area contributed by atoms with Gasteiger partial charge in [0.1, 0.15) is 0 Å². The van der Waals surface area contributed by atoms with Gasteiger partial charge in [-0.25, -0.2) is 8.42 Å². The Kier molecular flexibility index (Phi) is 5.93. The quantitative estimate of drug-likeness (QED) is 0.848. The third kappa shape index (κ3) is 5.53. The highest BCUT2D eigenvalue weighted by molar-refractivity contribution is 7.91. The molecule has 0 fully saturated rings. The van der Waals surface area contributed by atoms with Gasteiger partial charge in [-0.05, 0) is 31.0 Å². The predicted octanol–water partition coefficient (Wildman–Crippen LogP) is 2.87. The van der Waals surface area contributed by atoms with Gasteiger partial charge in [0.2, 0.25) is 5.91 Å². The summed E-state index contributed by atoms with van der Waals surface area (Å²) in [7, 11) is -3.32. The van der Waals surface area contributed by atoms with Crippen LogP contribution in [0.5, 0.6) is 0 Å². The fourth-order valence-electron chi connectivity index (χ4n) is 2.17. The minimum Gasteiger partial charge on any atom is -0.352 e. The second-order valence-electron chi connectivity index (χ2n) is 5.50. The monoisotopic (exact) mass is 331 g/mol. The van der Waals surface area contributed by atoms with Gasteiger partial charge in [-0.15, -0.1) is 0 Å². The maximum Gasteiger partial charge on any atom is 0.220 e. The van der Waals surface area contributed by atoms with E-state index in [2.05, 4.69) is 5.32 Å². The molecule has 1 amide bonds. The third-order valence-electron chi connectivity index (χ3n) is 3.53. The van der Waals surface area contributed by atoms with Crippen molar-refractivity contribution >= 4 is 15.7 Å². The van der Waals surface area contributed by atoms with Gasteiger partial charge in [-0.2, -0.15) is 0 Å². The SMILES string of the molecule is Cc1ccc(S(=O)(=O)CCCC(=O)NCc2ccccc2)cc1. The largest absolute Gasteiger partial charge is 0.352 e. The Morgan fingerprint density at radius 3 is 2.30 bits per heavy atom. The first-order valence-corrected chi connectivity index (χ1v) is 9.23. The van der Waals surface area contributed by atoms with Crippen molar-refractivity contribution in [3.8, 4) is 0 Å².